The van der Waals surface area contributed by atoms with Gasteiger partial charge in [0.25, 0.3) is 0 Å². The van der Waals surface area contributed by atoms with Gasteiger partial charge in [-0.15, -0.1) is 0 Å². The Morgan fingerprint density at radius 1 is 0.958 bits per heavy atom. The van der Waals surface area contributed by atoms with E-state index in [4.69, 9.17) is 14.6 Å². The van der Waals surface area contributed by atoms with E-state index in [1.165, 1.54) is 43.3 Å². The lowest BCUT2D eigenvalue weighted by Gasteiger charge is -2.11. The standard InChI is InChI=1S/C16H13F3O4.FH/c1-10(15(20)21)22-12-6-8-14(9-7-12)23-13-4-2-11(3-5-13)16(17,18)19;/h2-10H,1H3,(H,20,21);1H. The van der Waals surface area contributed by atoms with Crippen LogP contribution in [0.5, 0.6) is 17.2 Å². The van der Waals surface area contributed by atoms with Crippen LogP contribution in [0, 0.1) is 0 Å². The summed E-state index contributed by atoms with van der Waals surface area (Å²) in [6, 6.07) is 10.4. The molecule has 2 aromatic rings. The van der Waals surface area contributed by atoms with Gasteiger partial charge in [-0.25, -0.2) is 4.79 Å². The molecule has 8 heteroatoms. The highest BCUT2D eigenvalue weighted by Gasteiger charge is 2.30. The molecular formula is C16H14F4O4. The first kappa shape index (κ1) is 19.3. The zero-order chi connectivity index (χ0) is 17.0. The third kappa shape index (κ3) is 5.15. The number of ether oxygens (including phenoxy) is 2. The van der Waals surface area contributed by atoms with E-state index >= 15 is 0 Å². The minimum absolute atomic E-state index is 0. The van der Waals surface area contributed by atoms with Gasteiger partial charge in [0.2, 0.25) is 0 Å². The van der Waals surface area contributed by atoms with Gasteiger partial charge in [-0.05, 0) is 55.5 Å². The molecule has 1 unspecified atom stereocenters. The number of halogens is 4. The van der Waals surface area contributed by atoms with Crippen LogP contribution in [0.15, 0.2) is 48.5 Å². The molecule has 0 bridgehead atoms. The van der Waals surface area contributed by atoms with Crippen molar-refractivity contribution in [1.82, 2.24) is 0 Å². The van der Waals surface area contributed by atoms with E-state index in [-0.39, 0.29) is 10.5 Å². The lowest BCUT2D eigenvalue weighted by atomic mass is 10.2. The maximum atomic E-state index is 12.5. The second-order valence-corrected chi connectivity index (χ2v) is 4.69. The molecule has 0 radical (unpaired) electrons. The van der Waals surface area contributed by atoms with E-state index in [1.807, 2.05) is 0 Å². The lowest BCUT2D eigenvalue weighted by Crippen LogP contribution is -2.22. The Morgan fingerprint density at radius 3 is 1.79 bits per heavy atom. The third-order valence-corrected chi connectivity index (χ3v) is 2.90. The molecule has 0 amide bonds. The Hall–Kier alpha value is -2.77. The summed E-state index contributed by atoms with van der Waals surface area (Å²) < 4.78 is 47.9. The van der Waals surface area contributed by atoms with Crippen LogP contribution in [0.1, 0.15) is 12.5 Å². The van der Waals surface area contributed by atoms with Crippen molar-refractivity contribution in [3.8, 4) is 17.2 Å². The summed E-state index contributed by atoms with van der Waals surface area (Å²) in [6.45, 7) is 1.40. The second-order valence-electron chi connectivity index (χ2n) is 4.69. The van der Waals surface area contributed by atoms with Crippen LogP contribution >= 0.6 is 0 Å². The molecule has 2 aromatic carbocycles. The van der Waals surface area contributed by atoms with Gasteiger partial charge in [-0.1, -0.05) is 0 Å². The maximum absolute atomic E-state index is 12.5. The Bertz CT molecular complexity index is 666. The molecule has 0 saturated heterocycles. The van der Waals surface area contributed by atoms with Crippen molar-refractivity contribution in [3.05, 3.63) is 54.1 Å². The average Bonchev–Trinajstić information content (AvgIpc) is 2.49. The van der Waals surface area contributed by atoms with E-state index in [2.05, 4.69) is 0 Å². The molecule has 0 aliphatic rings. The van der Waals surface area contributed by atoms with Crippen molar-refractivity contribution < 1.29 is 37.3 Å². The van der Waals surface area contributed by atoms with Crippen molar-refractivity contribution in [2.45, 2.75) is 19.2 Å². The molecule has 0 aromatic heterocycles. The Morgan fingerprint density at radius 2 is 1.38 bits per heavy atom. The van der Waals surface area contributed by atoms with Crippen LogP contribution in [0.2, 0.25) is 0 Å². The van der Waals surface area contributed by atoms with Crippen molar-refractivity contribution in [3.63, 3.8) is 0 Å². The summed E-state index contributed by atoms with van der Waals surface area (Å²) in [4.78, 5) is 10.7. The number of carboxylic acid groups (broad SMARTS) is 1. The lowest BCUT2D eigenvalue weighted by molar-refractivity contribution is -0.144. The molecule has 130 valence electrons. The average molecular weight is 346 g/mol. The van der Waals surface area contributed by atoms with Crippen LogP contribution in [0.4, 0.5) is 17.9 Å². The molecule has 2 rings (SSSR count). The fourth-order valence-electron chi connectivity index (χ4n) is 1.69. The zero-order valence-corrected chi connectivity index (χ0v) is 12.4. The Labute approximate surface area is 134 Å². The summed E-state index contributed by atoms with van der Waals surface area (Å²) in [6.07, 6.45) is -5.38. The quantitative estimate of drug-likeness (QED) is 0.810. The summed E-state index contributed by atoms with van der Waals surface area (Å²) in [5, 5.41) is 8.74. The van der Waals surface area contributed by atoms with Gasteiger partial charge in [0.05, 0.1) is 5.56 Å². The van der Waals surface area contributed by atoms with Crippen LogP contribution in [0.25, 0.3) is 0 Å². The topological polar surface area (TPSA) is 55.8 Å². The monoisotopic (exact) mass is 346 g/mol. The van der Waals surface area contributed by atoms with Crippen LogP contribution in [-0.2, 0) is 11.0 Å². The van der Waals surface area contributed by atoms with Gasteiger partial charge in [-0.3, -0.25) is 4.70 Å². The first-order valence-corrected chi connectivity index (χ1v) is 6.60. The van der Waals surface area contributed by atoms with E-state index < -0.39 is 23.8 Å². The molecular weight excluding hydrogens is 332 g/mol. The van der Waals surface area contributed by atoms with E-state index in [0.717, 1.165) is 12.1 Å². The van der Waals surface area contributed by atoms with Gasteiger partial charge in [0.15, 0.2) is 6.10 Å². The van der Waals surface area contributed by atoms with Crippen molar-refractivity contribution in [1.29, 1.82) is 0 Å². The predicted molar refractivity (Wildman–Crippen MR) is 78.2 cm³/mol. The van der Waals surface area contributed by atoms with Crippen molar-refractivity contribution >= 4 is 5.97 Å². The molecule has 0 fully saturated rings. The number of carbonyl (C=O) groups is 1. The highest BCUT2D eigenvalue weighted by molar-refractivity contribution is 5.72. The molecule has 0 aliphatic heterocycles. The van der Waals surface area contributed by atoms with E-state index in [0.29, 0.717) is 11.5 Å². The zero-order valence-electron chi connectivity index (χ0n) is 12.4. The number of carboxylic acids is 1. The fourth-order valence-corrected chi connectivity index (χ4v) is 1.69. The maximum Gasteiger partial charge on any atom is 0.416 e. The molecule has 0 spiro atoms. The van der Waals surface area contributed by atoms with E-state index in [1.54, 1.807) is 0 Å². The van der Waals surface area contributed by atoms with Crippen LogP contribution in [-0.4, -0.2) is 17.2 Å². The molecule has 0 heterocycles. The van der Waals surface area contributed by atoms with E-state index in [9.17, 15) is 18.0 Å². The summed E-state index contributed by atoms with van der Waals surface area (Å²) in [7, 11) is 0. The SMILES string of the molecule is CC(Oc1ccc(Oc2ccc(C(F)(F)F)cc2)cc1)C(=O)O.F. The molecule has 1 N–H and O–H groups in total. The first-order chi connectivity index (χ1) is 10.8. The minimum atomic E-state index is -4.39. The summed E-state index contributed by atoms with van der Waals surface area (Å²) >= 11 is 0. The minimum Gasteiger partial charge on any atom is -0.479 e. The third-order valence-electron chi connectivity index (χ3n) is 2.90. The summed E-state index contributed by atoms with van der Waals surface area (Å²) in [5.74, 6) is -0.0968. The van der Waals surface area contributed by atoms with Gasteiger partial charge in [0.1, 0.15) is 17.2 Å². The van der Waals surface area contributed by atoms with Gasteiger partial charge < -0.3 is 14.6 Å². The number of hydrogen-bond acceptors (Lipinski definition) is 3. The Balaban J connectivity index is 0.00000288. The highest BCUT2D eigenvalue weighted by Crippen LogP contribution is 2.31. The van der Waals surface area contributed by atoms with Gasteiger partial charge in [-0.2, -0.15) is 13.2 Å². The molecule has 24 heavy (non-hydrogen) atoms. The molecule has 0 saturated carbocycles. The number of hydrogen-bond donors (Lipinski definition) is 1. The van der Waals surface area contributed by atoms with Gasteiger partial charge >= 0.3 is 12.1 Å². The number of alkyl halides is 3. The van der Waals surface area contributed by atoms with Crippen LogP contribution in [0.3, 0.4) is 0 Å². The number of aliphatic carboxylic acids is 1. The highest BCUT2D eigenvalue weighted by atomic mass is 19.4. The molecule has 1 atom stereocenters. The normalized spacial score (nSPS) is 12.0. The number of rotatable bonds is 5. The van der Waals surface area contributed by atoms with Crippen LogP contribution < -0.4 is 9.47 Å². The van der Waals surface area contributed by atoms with Crippen molar-refractivity contribution in [2.24, 2.45) is 0 Å². The Kier molecular flexibility index (Phi) is 6.16. The largest absolute Gasteiger partial charge is 0.479 e. The second kappa shape index (κ2) is 7.67. The van der Waals surface area contributed by atoms with Gasteiger partial charge in [0, 0.05) is 0 Å². The van der Waals surface area contributed by atoms with Crippen molar-refractivity contribution in [2.75, 3.05) is 0 Å². The molecule has 4 nitrogen and oxygen atoms in total. The fraction of sp³-hybridized carbons (Fsp3) is 0.188. The smallest absolute Gasteiger partial charge is 0.416 e. The predicted octanol–water partition coefficient (Wildman–Crippen LogP) is 4.50. The summed E-state index contributed by atoms with van der Waals surface area (Å²) in [5.41, 5.74) is -0.753. The number of benzene rings is 2. The first-order valence-electron chi connectivity index (χ1n) is 6.60. The molecule has 0 aliphatic carbocycles.